The van der Waals surface area contributed by atoms with Crippen molar-refractivity contribution in [3.8, 4) is 11.5 Å². The number of allylic oxidation sites excluding steroid dienone is 1. The maximum atomic E-state index is 13.3. The highest BCUT2D eigenvalue weighted by molar-refractivity contribution is 5.92. The minimum Gasteiger partial charge on any atom is -0.497 e. The minimum atomic E-state index is -0.533. The molecule has 1 aromatic heterocycles. The van der Waals surface area contributed by atoms with E-state index >= 15 is 0 Å². The van der Waals surface area contributed by atoms with E-state index in [1.807, 2.05) is 25.1 Å². The molecule has 1 N–H and O–H groups in total. The third kappa shape index (κ3) is 3.66. The van der Waals surface area contributed by atoms with Crippen LogP contribution in [0.15, 0.2) is 35.8 Å². The Morgan fingerprint density at radius 1 is 1.17 bits per heavy atom. The molecule has 4 rings (SSSR count). The maximum Gasteiger partial charge on any atom is 0.338 e. The van der Waals surface area contributed by atoms with Crippen LogP contribution in [0.2, 0.25) is 0 Å². The highest BCUT2D eigenvalue weighted by Gasteiger charge is 2.37. The molecule has 1 atom stereocenters. The number of fused-ring (bicyclic) bond motifs is 1. The van der Waals surface area contributed by atoms with E-state index in [4.69, 9.17) is 14.2 Å². The normalized spacial score (nSPS) is 19.3. The van der Waals surface area contributed by atoms with E-state index in [-0.39, 0.29) is 12.1 Å². The van der Waals surface area contributed by atoms with Crippen LogP contribution in [0.25, 0.3) is 0 Å². The zero-order valence-corrected chi connectivity index (χ0v) is 17.0. The van der Waals surface area contributed by atoms with E-state index in [9.17, 15) is 4.79 Å². The second-order valence-corrected chi connectivity index (χ2v) is 7.37. The third-order valence-electron chi connectivity index (χ3n) is 5.57. The summed E-state index contributed by atoms with van der Waals surface area (Å²) in [5.74, 6) is 1.53. The first-order valence-corrected chi connectivity index (χ1v) is 9.92. The van der Waals surface area contributed by atoms with Gasteiger partial charge in [-0.25, -0.2) is 9.48 Å². The molecule has 2 aliphatic rings. The molecule has 2 heterocycles. The number of aromatic nitrogens is 3. The second-order valence-electron chi connectivity index (χ2n) is 7.37. The molecule has 2 aromatic rings. The van der Waals surface area contributed by atoms with Crippen molar-refractivity contribution in [2.45, 2.75) is 51.2 Å². The van der Waals surface area contributed by atoms with Gasteiger partial charge in [0, 0.05) is 11.3 Å². The quantitative estimate of drug-likeness (QED) is 0.772. The first-order valence-electron chi connectivity index (χ1n) is 9.92. The van der Waals surface area contributed by atoms with Crippen molar-refractivity contribution in [1.82, 2.24) is 14.8 Å². The van der Waals surface area contributed by atoms with E-state index < -0.39 is 6.04 Å². The van der Waals surface area contributed by atoms with Crippen LogP contribution in [0.3, 0.4) is 0 Å². The van der Waals surface area contributed by atoms with E-state index in [2.05, 4.69) is 15.4 Å². The molecule has 1 fully saturated rings. The number of hydrogen-bond donors (Lipinski definition) is 1. The van der Waals surface area contributed by atoms with Gasteiger partial charge in [0.15, 0.2) is 0 Å². The monoisotopic (exact) mass is 398 g/mol. The lowest BCUT2D eigenvalue weighted by Crippen LogP contribution is -2.32. The molecule has 0 amide bonds. The Balaban J connectivity index is 1.77. The molecule has 1 saturated carbocycles. The molecular formula is C21H26N4O4. The summed E-state index contributed by atoms with van der Waals surface area (Å²) in [7, 11) is 3.21. The first kappa shape index (κ1) is 19.3. The SMILES string of the molecule is COc1ccc(OC)c(C2C(C(=O)OC3CCCCC3)=C(C)Nc3ncnn32)c1. The first-order chi connectivity index (χ1) is 14.1. The van der Waals surface area contributed by atoms with Crippen molar-refractivity contribution in [1.29, 1.82) is 0 Å². The van der Waals surface area contributed by atoms with Gasteiger partial charge in [-0.15, -0.1) is 0 Å². The highest BCUT2D eigenvalue weighted by Crippen LogP contribution is 2.41. The zero-order chi connectivity index (χ0) is 20.4. The van der Waals surface area contributed by atoms with Crippen LogP contribution in [0.4, 0.5) is 5.95 Å². The van der Waals surface area contributed by atoms with Crippen molar-refractivity contribution < 1.29 is 19.0 Å². The number of hydrogen-bond acceptors (Lipinski definition) is 7. The summed E-state index contributed by atoms with van der Waals surface area (Å²) in [5, 5.41) is 7.53. The van der Waals surface area contributed by atoms with E-state index in [0.717, 1.165) is 31.2 Å². The fraction of sp³-hybridized carbons (Fsp3) is 0.476. The number of benzene rings is 1. The van der Waals surface area contributed by atoms with Gasteiger partial charge in [0.2, 0.25) is 5.95 Å². The maximum absolute atomic E-state index is 13.3. The summed E-state index contributed by atoms with van der Waals surface area (Å²) in [5.41, 5.74) is 1.95. The summed E-state index contributed by atoms with van der Waals surface area (Å²) < 4.78 is 18.6. The number of anilines is 1. The molecule has 1 unspecified atom stereocenters. The Morgan fingerprint density at radius 2 is 1.97 bits per heavy atom. The lowest BCUT2D eigenvalue weighted by Gasteiger charge is -2.30. The Morgan fingerprint density at radius 3 is 2.69 bits per heavy atom. The van der Waals surface area contributed by atoms with Crippen molar-refractivity contribution >= 4 is 11.9 Å². The molecule has 29 heavy (non-hydrogen) atoms. The molecule has 0 saturated heterocycles. The van der Waals surface area contributed by atoms with Crippen LogP contribution in [0.5, 0.6) is 11.5 Å². The van der Waals surface area contributed by atoms with Crippen LogP contribution in [-0.2, 0) is 9.53 Å². The molecule has 154 valence electrons. The van der Waals surface area contributed by atoms with Crippen molar-refractivity contribution in [3.05, 3.63) is 41.4 Å². The van der Waals surface area contributed by atoms with Gasteiger partial charge in [0.05, 0.1) is 19.8 Å². The second kappa shape index (κ2) is 8.14. The van der Waals surface area contributed by atoms with Crippen LogP contribution in [-0.4, -0.2) is 41.1 Å². The average Bonchev–Trinajstić information content (AvgIpc) is 3.20. The Hall–Kier alpha value is -3.03. The van der Waals surface area contributed by atoms with E-state index in [0.29, 0.717) is 28.7 Å². The molecule has 0 radical (unpaired) electrons. The van der Waals surface area contributed by atoms with Gasteiger partial charge in [-0.05, 0) is 50.8 Å². The number of nitrogens with zero attached hydrogens (tertiary/aromatic N) is 3. The Kier molecular flexibility index (Phi) is 5.42. The van der Waals surface area contributed by atoms with Crippen molar-refractivity contribution in [2.75, 3.05) is 19.5 Å². The topological polar surface area (TPSA) is 87.5 Å². The fourth-order valence-corrected chi connectivity index (χ4v) is 4.09. The number of esters is 1. The smallest absolute Gasteiger partial charge is 0.338 e. The van der Waals surface area contributed by atoms with Crippen LogP contribution < -0.4 is 14.8 Å². The summed E-state index contributed by atoms with van der Waals surface area (Å²) in [6.07, 6.45) is 6.62. The van der Waals surface area contributed by atoms with Crippen LogP contribution >= 0.6 is 0 Å². The molecule has 8 heteroatoms. The standard InChI is InChI=1S/C21H26N4O4/c1-13-18(20(26)29-14-7-5-4-6-8-14)19(25-21(24-13)22-12-23-25)16-11-15(27-2)9-10-17(16)28-3/h9-12,14,19H,4-8H2,1-3H3,(H,22,23,24). The predicted molar refractivity (Wildman–Crippen MR) is 107 cm³/mol. The molecule has 1 aromatic carbocycles. The molecule has 1 aliphatic carbocycles. The fourth-order valence-electron chi connectivity index (χ4n) is 4.09. The molecule has 1 aliphatic heterocycles. The van der Waals surface area contributed by atoms with Gasteiger partial charge in [-0.1, -0.05) is 6.42 Å². The van der Waals surface area contributed by atoms with Gasteiger partial charge < -0.3 is 19.5 Å². The summed E-state index contributed by atoms with van der Waals surface area (Å²) in [4.78, 5) is 17.6. The lowest BCUT2D eigenvalue weighted by molar-refractivity contribution is -0.146. The summed E-state index contributed by atoms with van der Waals surface area (Å²) >= 11 is 0. The van der Waals surface area contributed by atoms with Gasteiger partial charge in [0.25, 0.3) is 0 Å². The van der Waals surface area contributed by atoms with Crippen molar-refractivity contribution in [2.24, 2.45) is 0 Å². The third-order valence-corrected chi connectivity index (χ3v) is 5.57. The van der Waals surface area contributed by atoms with Gasteiger partial charge in [0.1, 0.15) is 30.0 Å². The lowest BCUT2D eigenvalue weighted by atomic mass is 9.94. The number of ether oxygens (including phenoxy) is 3. The molecule has 0 bridgehead atoms. The number of carbonyl (C=O) groups excluding carboxylic acids is 1. The number of methoxy groups -OCH3 is 2. The number of rotatable bonds is 5. The van der Waals surface area contributed by atoms with Crippen molar-refractivity contribution in [3.63, 3.8) is 0 Å². The molecule has 8 nitrogen and oxygen atoms in total. The van der Waals surface area contributed by atoms with Gasteiger partial charge in [-0.3, -0.25) is 0 Å². The Labute approximate surface area is 169 Å². The van der Waals surface area contributed by atoms with E-state index in [1.165, 1.54) is 12.7 Å². The number of nitrogens with one attached hydrogen (secondary N) is 1. The van der Waals surface area contributed by atoms with Crippen LogP contribution in [0, 0.1) is 0 Å². The average molecular weight is 398 g/mol. The highest BCUT2D eigenvalue weighted by atomic mass is 16.5. The van der Waals surface area contributed by atoms with Gasteiger partial charge >= 0.3 is 5.97 Å². The zero-order valence-electron chi connectivity index (χ0n) is 17.0. The van der Waals surface area contributed by atoms with E-state index in [1.54, 1.807) is 18.9 Å². The van der Waals surface area contributed by atoms with Crippen LogP contribution in [0.1, 0.15) is 50.6 Å². The summed E-state index contributed by atoms with van der Waals surface area (Å²) in [6.45, 7) is 1.86. The Bertz CT molecular complexity index is 931. The molecule has 0 spiro atoms. The predicted octanol–water partition coefficient (Wildman–Crippen LogP) is 3.46. The molecular weight excluding hydrogens is 372 g/mol. The largest absolute Gasteiger partial charge is 0.497 e. The number of carbonyl (C=O) groups is 1. The minimum absolute atomic E-state index is 0.0402. The van der Waals surface area contributed by atoms with Gasteiger partial charge in [-0.2, -0.15) is 10.1 Å². The summed E-state index contributed by atoms with van der Waals surface area (Å²) in [6, 6.07) is 4.98.